The zero-order valence-corrected chi connectivity index (χ0v) is 13.6. The molecule has 20 heavy (non-hydrogen) atoms. The first-order chi connectivity index (χ1) is 9.29. The lowest BCUT2D eigenvalue weighted by molar-refractivity contribution is 0.288. The van der Waals surface area contributed by atoms with Gasteiger partial charge >= 0.3 is 0 Å². The molecular formula is C15H28N4O. The lowest BCUT2D eigenvalue weighted by Gasteiger charge is -2.29. The Morgan fingerprint density at radius 2 is 1.95 bits per heavy atom. The Morgan fingerprint density at radius 1 is 1.30 bits per heavy atom. The molecule has 0 atom stereocenters. The van der Waals surface area contributed by atoms with Gasteiger partial charge in [0.25, 0.3) is 0 Å². The molecule has 0 aromatic carbocycles. The first kappa shape index (κ1) is 16.7. The van der Waals surface area contributed by atoms with Gasteiger partial charge in [-0.2, -0.15) is 0 Å². The molecule has 114 valence electrons. The molecule has 1 aromatic rings. The molecule has 5 heteroatoms. The number of aromatic nitrogens is 2. The summed E-state index contributed by atoms with van der Waals surface area (Å²) in [7, 11) is 1.87. The number of nitrogens with one attached hydrogen (secondary N) is 1. The van der Waals surface area contributed by atoms with Gasteiger partial charge in [0.1, 0.15) is 17.5 Å². The lowest BCUT2D eigenvalue weighted by atomic mass is 9.95. The number of aliphatic hydroxyl groups is 1. The second kappa shape index (κ2) is 6.88. The fourth-order valence-electron chi connectivity index (χ4n) is 1.92. The molecule has 0 spiro atoms. The molecule has 1 aromatic heterocycles. The van der Waals surface area contributed by atoms with Crippen LogP contribution in [0, 0.1) is 0 Å². The zero-order valence-electron chi connectivity index (χ0n) is 13.6. The summed E-state index contributed by atoms with van der Waals surface area (Å²) in [6.45, 7) is 11.6. The summed E-state index contributed by atoms with van der Waals surface area (Å²) >= 11 is 0. The van der Waals surface area contributed by atoms with Crippen LogP contribution in [0.15, 0.2) is 6.07 Å². The van der Waals surface area contributed by atoms with Gasteiger partial charge in [0, 0.05) is 37.7 Å². The fraction of sp³-hybridized carbons (Fsp3) is 0.733. The molecule has 1 rings (SSSR count). The van der Waals surface area contributed by atoms with E-state index in [1.165, 1.54) is 0 Å². The second-order valence-electron chi connectivity index (χ2n) is 6.30. The Balaban J connectivity index is 3.19. The first-order valence-electron chi connectivity index (χ1n) is 7.24. The molecule has 0 unspecified atom stereocenters. The Bertz CT molecular complexity index is 426. The minimum atomic E-state index is -0.0960. The third kappa shape index (κ3) is 4.34. The normalized spacial score (nSPS) is 11.8. The fourth-order valence-corrected chi connectivity index (χ4v) is 1.92. The van der Waals surface area contributed by atoms with Crippen LogP contribution >= 0.6 is 0 Å². The Hall–Kier alpha value is -1.36. The van der Waals surface area contributed by atoms with Crippen LogP contribution in [0.25, 0.3) is 0 Å². The monoisotopic (exact) mass is 280 g/mol. The van der Waals surface area contributed by atoms with Crippen molar-refractivity contribution >= 4 is 11.6 Å². The number of hydrogen-bond acceptors (Lipinski definition) is 5. The molecule has 0 saturated heterocycles. The van der Waals surface area contributed by atoms with Crippen molar-refractivity contribution in [1.82, 2.24) is 9.97 Å². The van der Waals surface area contributed by atoms with Crippen molar-refractivity contribution in [3.05, 3.63) is 11.9 Å². The van der Waals surface area contributed by atoms with Crippen LogP contribution in [0.2, 0.25) is 0 Å². The topological polar surface area (TPSA) is 61.3 Å². The minimum absolute atomic E-state index is 0.0960. The van der Waals surface area contributed by atoms with E-state index in [0.717, 1.165) is 30.4 Å². The molecule has 1 heterocycles. The molecule has 0 saturated carbocycles. The van der Waals surface area contributed by atoms with Crippen molar-refractivity contribution in [2.24, 2.45) is 0 Å². The highest BCUT2D eigenvalue weighted by Gasteiger charge is 2.21. The number of rotatable bonds is 6. The van der Waals surface area contributed by atoms with Crippen LogP contribution in [0.4, 0.5) is 11.6 Å². The van der Waals surface area contributed by atoms with Crippen molar-refractivity contribution in [2.75, 3.05) is 30.4 Å². The maximum atomic E-state index is 9.06. The van der Waals surface area contributed by atoms with Crippen molar-refractivity contribution in [3.63, 3.8) is 0 Å². The van der Waals surface area contributed by atoms with Gasteiger partial charge in [-0.15, -0.1) is 0 Å². The molecule has 0 radical (unpaired) electrons. The van der Waals surface area contributed by atoms with Crippen molar-refractivity contribution < 1.29 is 5.11 Å². The zero-order chi connectivity index (χ0) is 15.3. The predicted octanol–water partition coefficient (Wildman–Crippen LogP) is 2.41. The molecule has 0 aliphatic heterocycles. The van der Waals surface area contributed by atoms with Crippen LogP contribution < -0.4 is 10.2 Å². The van der Waals surface area contributed by atoms with E-state index >= 15 is 0 Å². The molecule has 2 N–H and O–H groups in total. The number of aliphatic hydroxyl groups excluding tert-OH is 1. The van der Waals surface area contributed by atoms with E-state index in [9.17, 15) is 0 Å². The van der Waals surface area contributed by atoms with E-state index in [0.29, 0.717) is 6.04 Å². The Labute approximate surface area is 122 Å². The summed E-state index contributed by atoms with van der Waals surface area (Å²) in [6, 6.07) is 2.29. The van der Waals surface area contributed by atoms with Crippen LogP contribution in [0.5, 0.6) is 0 Å². The summed E-state index contributed by atoms with van der Waals surface area (Å²) in [5.74, 6) is 2.57. The molecule has 0 aliphatic rings. The molecule has 5 nitrogen and oxygen atoms in total. The largest absolute Gasteiger partial charge is 0.396 e. The van der Waals surface area contributed by atoms with E-state index in [1.54, 1.807) is 0 Å². The molecule has 0 fully saturated rings. The minimum Gasteiger partial charge on any atom is -0.396 e. The highest BCUT2D eigenvalue weighted by molar-refractivity contribution is 5.50. The molecule has 0 bridgehead atoms. The quantitative estimate of drug-likeness (QED) is 0.838. The second-order valence-corrected chi connectivity index (χ2v) is 6.30. The molecule has 0 amide bonds. The van der Waals surface area contributed by atoms with Crippen molar-refractivity contribution in [2.45, 2.75) is 52.5 Å². The van der Waals surface area contributed by atoms with Gasteiger partial charge < -0.3 is 15.3 Å². The average Bonchev–Trinajstić information content (AvgIpc) is 2.37. The SMILES string of the molecule is CNc1cc(N(CCCO)C(C)C)nc(C(C)(C)C)n1. The van der Waals surface area contributed by atoms with Crippen molar-refractivity contribution in [3.8, 4) is 0 Å². The first-order valence-corrected chi connectivity index (χ1v) is 7.24. The van der Waals surface area contributed by atoms with Crippen LogP contribution in [-0.4, -0.2) is 41.3 Å². The van der Waals surface area contributed by atoms with Crippen molar-refractivity contribution in [1.29, 1.82) is 0 Å². The van der Waals surface area contributed by atoms with Gasteiger partial charge in [-0.05, 0) is 20.3 Å². The van der Waals surface area contributed by atoms with Crippen LogP contribution in [0.1, 0.15) is 46.9 Å². The van der Waals surface area contributed by atoms with Crippen LogP contribution in [0.3, 0.4) is 0 Å². The van der Waals surface area contributed by atoms with Gasteiger partial charge in [-0.1, -0.05) is 20.8 Å². The smallest absolute Gasteiger partial charge is 0.138 e. The van der Waals surface area contributed by atoms with Gasteiger partial charge in [-0.3, -0.25) is 0 Å². The summed E-state index contributed by atoms with van der Waals surface area (Å²) in [6.07, 6.45) is 0.738. The maximum Gasteiger partial charge on any atom is 0.138 e. The standard InChI is InChI=1S/C15H28N4O/c1-11(2)19(8-7-9-20)13-10-12(16-6)17-14(18-13)15(3,4)5/h10-11,20H,7-9H2,1-6H3,(H,16,17,18). The highest BCUT2D eigenvalue weighted by Crippen LogP contribution is 2.25. The van der Waals surface area contributed by atoms with Gasteiger partial charge in [-0.25, -0.2) is 9.97 Å². The number of hydrogen-bond donors (Lipinski definition) is 2. The van der Waals surface area contributed by atoms with E-state index < -0.39 is 0 Å². The summed E-state index contributed by atoms with van der Waals surface area (Å²) in [5.41, 5.74) is -0.0960. The maximum absolute atomic E-state index is 9.06. The molecular weight excluding hydrogens is 252 g/mol. The molecule has 0 aliphatic carbocycles. The highest BCUT2D eigenvalue weighted by atomic mass is 16.3. The number of nitrogens with zero attached hydrogens (tertiary/aromatic N) is 3. The predicted molar refractivity (Wildman–Crippen MR) is 84.5 cm³/mol. The van der Waals surface area contributed by atoms with Gasteiger partial charge in [0.05, 0.1) is 0 Å². The third-order valence-electron chi connectivity index (χ3n) is 3.11. The van der Waals surface area contributed by atoms with E-state index in [2.05, 4.69) is 49.8 Å². The third-order valence-corrected chi connectivity index (χ3v) is 3.11. The van der Waals surface area contributed by atoms with E-state index in [-0.39, 0.29) is 12.0 Å². The number of anilines is 2. The summed E-state index contributed by atoms with van der Waals surface area (Å²) < 4.78 is 0. The Morgan fingerprint density at radius 3 is 2.40 bits per heavy atom. The lowest BCUT2D eigenvalue weighted by Crippen LogP contribution is -2.34. The Kier molecular flexibility index (Phi) is 5.74. The summed E-state index contributed by atoms with van der Waals surface area (Å²) in [4.78, 5) is 11.5. The average molecular weight is 280 g/mol. The van der Waals surface area contributed by atoms with Gasteiger partial charge in [0.2, 0.25) is 0 Å². The summed E-state index contributed by atoms with van der Waals surface area (Å²) in [5, 5.41) is 12.2. The van der Waals surface area contributed by atoms with E-state index in [4.69, 9.17) is 10.1 Å². The van der Waals surface area contributed by atoms with Gasteiger partial charge in [0.15, 0.2) is 0 Å². The van der Waals surface area contributed by atoms with E-state index in [1.807, 2.05) is 13.1 Å². The van der Waals surface area contributed by atoms with Crippen LogP contribution in [-0.2, 0) is 5.41 Å².